The van der Waals surface area contributed by atoms with Crippen LogP contribution in [-0.4, -0.2) is 48.0 Å². The number of fused-ring (bicyclic) bond motifs is 1. The summed E-state index contributed by atoms with van der Waals surface area (Å²) in [5.41, 5.74) is 2.96. The third-order valence-corrected chi connectivity index (χ3v) is 6.22. The molecule has 0 unspecified atom stereocenters. The predicted octanol–water partition coefficient (Wildman–Crippen LogP) is 4.37. The van der Waals surface area contributed by atoms with Gasteiger partial charge in [-0.15, -0.1) is 0 Å². The fourth-order valence-electron chi connectivity index (χ4n) is 4.40. The molecule has 0 amide bonds. The number of aromatic nitrogens is 2. The van der Waals surface area contributed by atoms with E-state index >= 15 is 0 Å². The van der Waals surface area contributed by atoms with Crippen molar-refractivity contribution >= 4 is 17.1 Å². The average molecular weight is 471 g/mol. The highest BCUT2D eigenvalue weighted by molar-refractivity contribution is 5.72. The molecule has 0 saturated carbocycles. The Bertz CT molecular complexity index is 1380. The number of nitro groups is 1. The quantitative estimate of drug-likeness (QED) is 0.310. The van der Waals surface area contributed by atoms with Gasteiger partial charge in [0, 0.05) is 55.1 Å². The minimum Gasteiger partial charge on any atom is -0.454 e. The maximum atomic E-state index is 11.9. The zero-order valence-corrected chi connectivity index (χ0v) is 18.7. The molecule has 1 saturated heterocycles. The lowest BCUT2D eigenvalue weighted by atomic mass is 10.1. The number of hydrogen-bond donors (Lipinski definition) is 0. The molecule has 1 fully saturated rings. The molecule has 2 aliphatic rings. The molecule has 3 heterocycles. The second-order valence-electron chi connectivity index (χ2n) is 8.26. The summed E-state index contributed by atoms with van der Waals surface area (Å²) in [6, 6.07) is 20.4. The van der Waals surface area contributed by atoms with Gasteiger partial charge >= 0.3 is 0 Å². The molecule has 0 N–H and O–H groups in total. The van der Waals surface area contributed by atoms with Crippen LogP contribution in [-0.2, 0) is 0 Å². The third-order valence-electron chi connectivity index (χ3n) is 6.22. The maximum absolute atomic E-state index is 11.9. The smallest absolute Gasteiger partial charge is 0.293 e. The van der Waals surface area contributed by atoms with Gasteiger partial charge in [-0.1, -0.05) is 35.5 Å². The molecule has 0 aliphatic carbocycles. The fourth-order valence-corrected chi connectivity index (χ4v) is 4.40. The van der Waals surface area contributed by atoms with Crippen molar-refractivity contribution in [3.63, 3.8) is 0 Å². The number of hydrogen-bond acceptors (Lipinski definition) is 9. The van der Waals surface area contributed by atoms with Gasteiger partial charge in [0.25, 0.3) is 11.6 Å². The summed E-state index contributed by atoms with van der Waals surface area (Å²) in [5.74, 6) is 2.17. The number of nitrogens with zero attached hydrogens (tertiary/aromatic N) is 5. The molecule has 3 aromatic carbocycles. The van der Waals surface area contributed by atoms with Crippen LogP contribution in [0, 0.1) is 10.1 Å². The topological polar surface area (TPSA) is 107 Å². The monoisotopic (exact) mass is 471 g/mol. The van der Waals surface area contributed by atoms with Crippen LogP contribution >= 0.6 is 0 Å². The van der Waals surface area contributed by atoms with Gasteiger partial charge in [-0.25, -0.2) is 0 Å². The van der Waals surface area contributed by atoms with Crippen LogP contribution in [0.4, 0.5) is 17.1 Å². The summed E-state index contributed by atoms with van der Waals surface area (Å²) in [5, 5.41) is 16.0. The van der Waals surface area contributed by atoms with E-state index in [-0.39, 0.29) is 23.3 Å². The van der Waals surface area contributed by atoms with Crippen molar-refractivity contribution in [3.05, 3.63) is 76.8 Å². The average Bonchev–Trinajstić information content (AvgIpc) is 3.59. The normalized spacial score (nSPS) is 14.9. The maximum Gasteiger partial charge on any atom is 0.293 e. The molecule has 0 bridgehead atoms. The molecule has 0 spiro atoms. The van der Waals surface area contributed by atoms with Crippen LogP contribution in [0.25, 0.3) is 22.8 Å². The minimum absolute atomic E-state index is 0.0125. The number of benzene rings is 3. The van der Waals surface area contributed by atoms with Gasteiger partial charge in [-0.2, -0.15) is 4.98 Å². The predicted molar refractivity (Wildman–Crippen MR) is 129 cm³/mol. The zero-order valence-electron chi connectivity index (χ0n) is 18.7. The summed E-state index contributed by atoms with van der Waals surface area (Å²) in [7, 11) is 0. The summed E-state index contributed by atoms with van der Waals surface area (Å²) in [6.07, 6.45) is 0. The Labute approximate surface area is 200 Å². The first kappa shape index (κ1) is 21.0. The highest BCUT2D eigenvalue weighted by atomic mass is 16.7. The van der Waals surface area contributed by atoms with Crippen LogP contribution in [0.3, 0.4) is 0 Å². The number of anilines is 2. The van der Waals surface area contributed by atoms with Crippen LogP contribution in [0.1, 0.15) is 0 Å². The lowest BCUT2D eigenvalue weighted by Gasteiger charge is -2.37. The summed E-state index contributed by atoms with van der Waals surface area (Å²) < 4.78 is 16.3. The van der Waals surface area contributed by atoms with Gasteiger partial charge < -0.3 is 23.8 Å². The Balaban J connectivity index is 1.21. The van der Waals surface area contributed by atoms with Crippen LogP contribution in [0.5, 0.6) is 11.5 Å². The molecule has 35 heavy (non-hydrogen) atoms. The van der Waals surface area contributed by atoms with E-state index in [0.29, 0.717) is 30.2 Å². The molecule has 4 aromatic rings. The molecular weight excluding hydrogens is 450 g/mol. The Morgan fingerprint density at radius 2 is 1.60 bits per heavy atom. The van der Waals surface area contributed by atoms with Crippen molar-refractivity contribution < 1.29 is 18.9 Å². The van der Waals surface area contributed by atoms with Crippen molar-refractivity contribution in [1.82, 2.24) is 10.1 Å². The van der Waals surface area contributed by atoms with Gasteiger partial charge in [0.2, 0.25) is 12.6 Å². The second kappa shape index (κ2) is 8.64. The number of nitro benzene ring substituents is 1. The van der Waals surface area contributed by atoms with E-state index in [4.69, 9.17) is 14.0 Å². The van der Waals surface area contributed by atoms with Crippen molar-refractivity contribution in [2.45, 2.75) is 0 Å². The van der Waals surface area contributed by atoms with Crippen molar-refractivity contribution in [2.24, 2.45) is 0 Å². The SMILES string of the molecule is O=[N+]([O-])c1cc(-c2nc(-c3ccccc3)no2)ccc1N1CCN(c2ccc3c(c2)OCO3)CC1. The Morgan fingerprint density at radius 1 is 0.829 bits per heavy atom. The van der Waals surface area contributed by atoms with Gasteiger partial charge in [0.1, 0.15) is 5.69 Å². The molecule has 0 atom stereocenters. The van der Waals surface area contributed by atoms with E-state index in [1.54, 1.807) is 12.1 Å². The first-order valence-electron chi connectivity index (χ1n) is 11.2. The second-order valence-corrected chi connectivity index (χ2v) is 8.26. The lowest BCUT2D eigenvalue weighted by molar-refractivity contribution is -0.384. The molecule has 10 nitrogen and oxygen atoms in total. The minimum atomic E-state index is -0.364. The molecule has 10 heteroatoms. The molecule has 0 radical (unpaired) electrons. The fraction of sp³-hybridized carbons (Fsp3) is 0.200. The third kappa shape index (κ3) is 3.99. The first-order chi connectivity index (χ1) is 17.2. The molecule has 176 valence electrons. The standard InChI is InChI=1S/C25H21N5O5/c31-30(32)21-14-18(25-26-24(27-35-25)17-4-2-1-3-5-17)6-8-20(21)29-12-10-28(11-13-29)19-7-9-22-23(15-19)34-16-33-22/h1-9,14-15H,10-13,16H2. The molecule has 6 rings (SSSR count). The van der Waals surface area contributed by atoms with E-state index in [9.17, 15) is 10.1 Å². The highest BCUT2D eigenvalue weighted by Gasteiger charge is 2.26. The van der Waals surface area contributed by atoms with Crippen LogP contribution < -0.4 is 19.3 Å². The van der Waals surface area contributed by atoms with Gasteiger partial charge in [-0.05, 0) is 24.3 Å². The number of rotatable bonds is 5. The Hall–Kier alpha value is -4.60. The van der Waals surface area contributed by atoms with Crippen molar-refractivity contribution in [1.29, 1.82) is 0 Å². The summed E-state index contributed by atoms with van der Waals surface area (Å²) in [6.45, 7) is 2.98. The van der Waals surface area contributed by atoms with Crippen LogP contribution in [0.15, 0.2) is 71.3 Å². The zero-order chi connectivity index (χ0) is 23.8. The van der Waals surface area contributed by atoms with Gasteiger partial charge in [0.05, 0.1) is 4.92 Å². The van der Waals surface area contributed by atoms with E-state index < -0.39 is 0 Å². The van der Waals surface area contributed by atoms with E-state index in [1.165, 1.54) is 6.07 Å². The molecule has 2 aliphatic heterocycles. The van der Waals surface area contributed by atoms with Gasteiger partial charge in [-0.3, -0.25) is 10.1 Å². The lowest BCUT2D eigenvalue weighted by Crippen LogP contribution is -2.46. The summed E-state index contributed by atoms with van der Waals surface area (Å²) >= 11 is 0. The van der Waals surface area contributed by atoms with Crippen molar-refractivity contribution in [3.8, 4) is 34.3 Å². The van der Waals surface area contributed by atoms with Crippen LogP contribution in [0.2, 0.25) is 0 Å². The summed E-state index contributed by atoms with van der Waals surface area (Å²) in [4.78, 5) is 20.3. The molecule has 1 aromatic heterocycles. The van der Waals surface area contributed by atoms with E-state index in [2.05, 4.69) is 15.0 Å². The first-order valence-corrected chi connectivity index (χ1v) is 11.2. The van der Waals surface area contributed by atoms with Crippen molar-refractivity contribution in [2.75, 3.05) is 42.8 Å². The Morgan fingerprint density at radius 3 is 2.40 bits per heavy atom. The highest BCUT2D eigenvalue weighted by Crippen LogP contribution is 2.37. The Kier molecular flexibility index (Phi) is 5.17. The number of piperazine rings is 1. The molecular formula is C25H21N5O5. The van der Waals surface area contributed by atoms with Gasteiger partial charge in [0.15, 0.2) is 11.5 Å². The largest absolute Gasteiger partial charge is 0.454 e. The van der Waals surface area contributed by atoms with E-state index in [1.807, 2.05) is 53.4 Å². The number of ether oxygens (including phenoxy) is 2. The van der Waals surface area contributed by atoms with E-state index in [0.717, 1.165) is 35.8 Å².